The van der Waals surface area contributed by atoms with Gasteiger partial charge in [-0.1, -0.05) is 23.2 Å². The predicted octanol–water partition coefficient (Wildman–Crippen LogP) is 4.01. The van der Waals surface area contributed by atoms with Crippen molar-refractivity contribution in [2.75, 3.05) is 0 Å². The number of aromatic nitrogens is 2. The highest BCUT2D eigenvalue weighted by atomic mass is 35.5. The molecule has 0 spiro atoms. The third kappa shape index (κ3) is 1.82. The molecule has 0 aliphatic rings. The summed E-state index contributed by atoms with van der Waals surface area (Å²) in [4.78, 5) is 4.30. The monoisotopic (exact) mass is 278 g/mol. The number of benzene rings is 1. The molecule has 2 aromatic heterocycles. The van der Waals surface area contributed by atoms with E-state index in [2.05, 4.69) is 4.98 Å². The van der Waals surface area contributed by atoms with E-state index in [1.54, 1.807) is 30.5 Å². The highest BCUT2D eigenvalue weighted by molar-refractivity contribution is 6.33. The normalized spacial score (nSPS) is 11.0. The first kappa shape index (κ1) is 11.4. The molecule has 0 fully saturated rings. The number of halogens is 2. The van der Waals surface area contributed by atoms with Gasteiger partial charge in [-0.05, 0) is 30.3 Å². The van der Waals surface area contributed by atoms with Gasteiger partial charge in [0.05, 0.1) is 5.52 Å². The van der Waals surface area contributed by atoms with Gasteiger partial charge in [0.2, 0.25) is 0 Å². The van der Waals surface area contributed by atoms with Gasteiger partial charge < -0.3 is 5.11 Å². The largest absolute Gasteiger partial charge is 0.508 e. The van der Waals surface area contributed by atoms with Gasteiger partial charge in [-0.15, -0.1) is 0 Å². The molecule has 3 aromatic rings. The van der Waals surface area contributed by atoms with Crippen LogP contribution in [0.15, 0.2) is 42.6 Å². The highest BCUT2D eigenvalue weighted by Gasteiger charge is 2.11. The van der Waals surface area contributed by atoms with Crippen LogP contribution in [0.3, 0.4) is 0 Å². The molecule has 3 rings (SSSR count). The predicted molar refractivity (Wildman–Crippen MR) is 72.3 cm³/mol. The number of hydrogen-bond acceptors (Lipinski definition) is 2. The molecular weight excluding hydrogens is 271 g/mol. The molecule has 0 bridgehead atoms. The maximum Gasteiger partial charge on any atom is 0.155 e. The first-order valence-electron chi connectivity index (χ1n) is 5.27. The van der Waals surface area contributed by atoms with Crippen molar-refractivity contribution in [1.82, 2.24) is 9.38 Å². The number of rotatable bonds is 1. The van der Waals surface area contributed by atoms with Gasteiger partial charge in [0.25, 0.3) is 0 Å². The number of hydrogen-bond donors (Lipinski definition) is 1. The van der Waals surface area contributed by atoms with Gasteiger partial charge in [-0.3, -0.25) is 4.40 Å². The molecular formula is C13H8Cl2N2O. The molecule has 2 heterocycles. The van der Waals surface area contributed by atoms with Crippen LogP contribution in [0.1, 0.15) is 0 Å². The van der Waals surface area contributed by atoms with Crippen LogP contribution < -0.4 is 0 Å². The van der Waals surface area contributed by atoms with E-state index in [4.69, 9.17) is 23.2 Å². The van der Waals surface area contributed by atoms with E-state index in [9.17, 15) is 5.11 Å². The molecule has 90 valence electrons. The molecule has 0 amide bonds. The summed E-state index contributed by atoms with van der Waals surface area (Å²) in [5.74, 6) is 0.874. The van der Waals surface area contributed by atoms with E-state index in [0.29, 0.717) is 21.5 Å². The van der Waals surface area contributed by atoms with Crippen LogP contribution in [0.25, 0.3) is 16.9 Å². The lowest BCUT2D eigenvalue weighted by atomic mass is 10.2. The van der Waals surface area contributed by atoms with E-state index in [-0.39, 0.29) is 5.75 Å². The molecule has 1 aromatic carbocycles. The van der Waals surface area contributed by atoms with Crippen LogP contribution in [0.2, 0.25) is 10.2 Å². The number of fused-ring (bicyclic) bond motifs is 1. The Labute approximate surface area is 113 Å². The van der Waals surface area contributed by atoms with Crippen molar-refractivity contribution in [2.24, 2.45) is 0 Å². The van der Waals surface area contributed by atoms with Crippen molar-refractivity contribution in [3.63, 3.8) is 0 Å². The molecule has 3 nitrogen and oxygen atoms in total. The number of imidazole rings is 1. The van der Waals surface area contributed by atoms with Crippen molar-refractivity contribution < 1.29 is 5.11 Å². The van der Waals surface area contributed by atoms with E-state index in [1.165, 1.54) is 0 Å². The molecule has 0 saturated heterocycles. The third-order valence-corrected chi connectivity index (χ3v) is 3.21. The summed E-state index contributed by atoms with van der Waals surface area (Å²) in [6, 6.07) is 10.5. The third-order valence-electron chi connectivity index (χ3n) is 2.68. The quantitative estimate of drug-likeness (QED) is 0.730. The zero-order valence-electron chi connectivity index (χ0n) is 9.14. The molecule has 18 heavy (non-hydrogen) atoms. The Morgan fingerprint density at radius 1 is 1.06 bits per heavy atom. The van der Waals surface area contributed by atoms with Gasteiger partial charge in [-0.2, -0.15) is 0 Å². The minimum atomic E-state index is 0.159. The van der Waals surface area contributed by atoms with Gasteiger partial charge in [0.15, 0.2) is 5.15 Å². The van der Waals surface area contributed by atoms with Crippen LogP contribution in [-0.2, 0) is 0 Å². The smallest absolute Gasteiger partial charge is 0.155 e. The molecule has 0 atom stereocenters. The maximum absolute atomic E-state index is 9.45. The van der Waals surface area contributed by atoms with E-state index in [1.807, 2.05) is 16.5 Å². The van der Waals surface area contributed by atoms with Gasteiger partial charge in [0, 0.05) is 22.8 Å². The minimum Gasteiger partial charge on any atom is -0.508 e. The summed E-state index contributed by atoms with van der Waals surface area (Å²) >= 11 is 11.9. The Hall–Kier alpha value is -1.71. The Kier molecular flexibility index (Phi) is 2.65. The summed E-state index contributed by atoms with van der Waals surface area (Å²) in [6.45, 7) is 0. The molecule has 0 saturated carbocycles. The molecule has 0 unspecified atom stereocenters. The van der Waals surface area contributed by atoms with Crippen LogP contribution in [0.4, 0.5) is 0 Å². The second-order valence-corrected chi connectivity index (χ2v) is 4.67. The van der Waals surface area contributed by atoms with Crippen LogP contribution in [0.5, 0.6) is 5.75 Å². The minimum absolute atomic E-state index is 0.159. The first-order chi connectivity index (χ1) is 8.65. The Morgan fingerprint density at radius 3 is 2.50 bits per heavy atom. The lowest BCUT2D eigenvalue weighted by Gasteiger charge is -2.01. The molecule has 0 radical (unpaired) electrons. The molecule has 0 aliphatic heterocycles. The highest BCUT2D eigenvalue weighted by Crippen LogP contribution is 2.28. The Bertz CT molecular complexity index is 720. The van der Waals surface area contributed by atoms with Crippen molar-refractivity contribution in [2.45, 2.75) is 0 Å². The second kappa shape index (κ2) is 4.19. The maximum atomic E-state index is 9.45. The van der Waals surface area contributed by atoms with Crippen molar-refractivity contribution in [3.8, 4) is 17.1 Å². The summed E-state index contributed by atoms with van der Waals surface area (Å²) < 4.78 is 1.82. The first-order valence-corrected chi connectivity index (χ1v) is 6.03. The lowest BCUT2D eigenvalue weighted by Crippen LogP contribution is -1.88. The average Bonchev–Trinajstić information content (AvgIpc) is 2.68. The molecule has 5 heteroatoms. The number of aromatic hydroxyl groups is 1. The van der Waals surface area contributed by atoms with Gasteiger partial charge in [0.1, 0.15) is 11.6 Å². The van der Waals surface area contributed by atoms with Gasteiger partial charge in [-0.25, -0.2) is 4.98 Å². The fourth-order valence-electron chi connectivity index (χ4n) is 1.84. The standard InChI is InChI=1S/C13H8Cl2N2O/c14-9-3-1-8(2-4-9)13-16-12(15)11-7-10(18)5-6-17(11)13/h1-7,18H. The zero-order chi connectivity index (χ0) is 12.7. The van der Waals surface area contributed by atoms with E-state index >= 15 is 0 Å². The zero-order valence-corrected chi connectivity index (χ0v) is 10.7. The molecule has 1 N–H and O–H groups in total. The summed E-state index contributed by atoms with van der Waals surface area (Å²) in [7, 11) is 0. The van der Waals surface area contributed by atoms with Gasteiger partial charge >= 0.3 is 0 Å². The number of nitrogens with zero attached hydrogens (tertiary/aromatic N) is 2. The van der Waals surface area contributed by atoms with Crippen molar-refractivity contribution >= 4 is 28.7 Å². The van der Waals surface area contributed by atoms with Crippen LogP contribution >= 0.6 is 23.2 Å². The lowest BCUT2D eigenvalue weighted by molar-refractivity contribution is 0.475. The fourth-order valence-corrected chi connectivity index (χ4v) is 2.19. The Balaban J connectivity index is 2.26. The summed E-state index contributed by atoms with van der Waals surface area (Å²) in [5.41, 5.74) is 1.58. The number of pyridine rings is 1. The van der Waals surface area contributed by atoms with Crippen LogP contribution in [0, 0.1) is 0 Å². The summed E-state index contributed by atoms with van der Waals surface area (Å²) in [6.07, 6.45) is 1.73. The summed E-state index contributed by atoms with van der Waals surface area (Å²) in [5, 5.41) is 10.5. The van der Waals surface area contributed by atoms with E-state index in [0.717, 1.165) is 5.56 Å². The van der Waals surface area contributed by atoms with E-state index < -0.39 is 0 Å². The Morgan fingerprint density at radius 2 is 1.78 bits per heavy atom. The fraction of sp³-hybridized carbons (Fsp3) is 0. The average molecular weight is 279 g/mol. The van der Waals surface area contributed by atoms with Crippen molar-refractivity contribution in [1.29, 1.82) is 0 Å². The van der Waals surface area contributed by atoms with Crippen LogP contribution in [-0.4, -0.2) is 14.5 Å². The second-order valence-electron chi connectivity index (χ2n) is 3.87. The molecule has 0 aliphatic carbocycles. The SMILES string of the molecule is Oc1ccn2c(-c3ccc(Cl)cc3)nc(Cl)c2c1. The van der Waals surface area contributed by atoms with Crippen molar-refractivity contribution in [3.05, 3.63) is 52.8 Å². The topological polar surface area (TPSA) is 37.5 Å².